The molecule has 0 unspecified atom stereocenters. The molecule has 1 aromatic heterocycles. The minimum absolute atomic E-state index is 0.213. The number of aromatic nitrogens is 1. The molecule has 7 heteroatoms. The van der Waals surface area contributed by atoms with Crippen LogP contribution in [0.4, 0.5) is 0 Å². The molecule has 1 aliphatic carbocycles. The van der Waals surface area contributed by atoms with Crippen LogP contribution in [0.5, 0.6) is 0 Å². The van der Waals surface area contributed by atoms with Gasteiger partial charge in [0.1, 0.15) is 5.78 Å². The van der Waals surface area contributed by atoms with E-state index in [1.807, 2.05) is 32.3 Å². The highest BCUT2D eigenvalue weighted by molar-refractivity contribution is 5.77. The Hall–Kier alpha value is -1.38. The number of ketones is 1. The van der Waals surface area contributed by atoms with E-state index in [2.05, 4.69) is 126 Å². The molecule has 1 saturated heterocycles. The van der Waals surface area contributed by atoms with Gasteiger partial charge in [-0.2, -0.15) is 0 Å². The Kier molecular flexibility index (Phi) is 33.5. The molecule has 0 amide bonds. The van der Waals surface area contributed by atoms with Crippen LogP contribution in [0.25, 0.3) is 0 Å². The summed E-state index contributed by atoms with van der Waals surface area (Å²) in [5.74, 6) is 3.16. The van der Waals surface area contributed by atoms with Crippen molar-refractivity contribution in [2.24, 2.45) is 23.7 Å². The van der Waals surface area contributed by atoms with Crippen LogP contribution in [0, 0.1) is 23.7 Å². The summed E-state index contributed by atoms with van der Waals surface area (Å²) in [5.41, 5.74) is 1.35. The molecule has 7 nitrogen and oxygen atoms in total. The van der Waals surface area contributed by atoms with E-state index in [0.29, 0.717) is 6.04 Å². The van der Waals surface area contributed by atoms with E-state index >= 15 is 0 Å². The summed E-state index contributed by atoms with van der Waals surface area (Å²) in [4.78, 5) is 26.2. The molecule has 0 spiro atoms. The number of carbonyl (C=O) groups is 1. The van der Waals surface area contributed by atoms with Crippen molar-refractivity contribution < 1.29 is 4.79 Å². The Morgan fingerprint density at radius 2 is 1.37 bits per heavy atom. The van der Waals surface area contributed by atoms with Gasteiger partial charge in [0.15, 0.2) is 0 Å². The van der Waals surface area contributed by atoms with Crippen molar-refractivity contribution >= 4 is 5.78 Å². The van der Waals surface area contributed by atoms with E-state index in [1.54, 1.807) is 6.92 Å². The van der Waals surface area contributed by atoms with E-state index in [-0.39, 0.29) is 11.7 Å². The zero-order valence-corrected chi connectivity index (χ0v) is 37.9. The third kappa shape index (κ3) is 32.1. The van der Waals surface area contributed by atoms with Gasteiger partial charge in [0.25, 0.3) is 0 Å². The molecular weight excluding hydrogens is 641 g/mol. The molecule has 52 heavy (non-hydrogen) atoms. The third-order valence-electron chi connectivity index (χ3n) is 10.4. The predicted octanol–water partition coefficient (Wildman–Crippen LogP) is 9.37. The number of likely N-dealkylation sites (N-methyl/N-ethyl adjacent to an activating group) is 1. The lowest BCUT2D eigenvalue weighted by molar-refractivity contribution is -0.119. The maximum atomic E-state index is 10.1. The van der Waals surface area contributed by atoms with Gasteiger partial charge in [-0.25, -0.2) is 0 Å². The Morgan fingerprint density at radius 1 is 0.808 bits per heavy atom. The number of unbranched alkanes of at least 4 members (excludes halogenated alkanes) is 3. The van der Waals surface area contributed by atoms with Gasteiger partial charge in [-0.05, 0) is 144 Å². The van der Waals surface area contributed by atoms with Crippen molar-refractivity contribution in [2.75, 3.05) is 88.1 Å². The minimum Gasteiger partial charge on any atom is -0.309 e. The highest BCUT2D eigenvalue weighted by Gasteiger charge is 2.24. The quantitative estimate of drug-likeness (QED) is 0.167. The van der Waals surface area contributed by atoms with Crippen molar-refractivity contribution in [3.05, 3.63) is 30.1 Å². The van der Waals surface area contributed by atoms with Crippen molar-refractivity contribution in [2.45, 2.75) is 146 Å². The van der Waals surface area contributed by atoms with Crippen molar-refractivity contribution in [3.8, 4) is 0 Å². The number of carbonyl (C=O) groups excluding carboxylic acids is 1. The first kappa shape index (κ1) is 52.7. The average Bonchev–Trinajstić information content (AvgIpc) is 3.10. The topological polar surface area (TPSA) is 46.2 Å². The fraction of sp³-hybridized carbons (Fsp3) is 0.867. The third-order valence-corrected chi connectivity index (χ3v) is 10.4. The van der Waals surface area contributed by atoms with Crippen LogP contribution in [-0.2, 0) is 11.2 Å². The molecular formula is C45H92N6O. The molecule has 0 atom stereocenters. The van der Waals surface area contributed by atoms with E-state index in [4.69, 9.17) is 0 Å². The maximum Gasteiger partial charge on any atom is 0.132 e. The van der Waals surface area contributed by atoms with Gasteiger partial charge < -0.3 is 14.7 Å². The Bertz CT molecular complexity index is 886. The second-order valence-electron chi connectivity index (χ2n) is 17.5. The van der Waals surface area contributed by atoms with Gasteiger partial charge >= 0.3 is 0 Å². The summed E-state index contributed by atoms with van der Waals surface area (Å²) in [6.07, 6.45) is 17.4. The highest BCUT2D eigenvalue weighted by Crippen LogP contribution is 2.31. The second kappa shape index (κ2) is 33.0. The van der Waals surface area contributed by atoms with Gasteiger partial charge in [-0.3, -0.25) is 19.6 Å². The Labute approximate surface area is 326 Å². The first-order valence-corrected chi connectivity index (χ1v) is 21.2. The summed E-state index contributed by atoms with van der Waals surface area (Å²) in [5, 5.41) is 0. The fourth-order valence-electron chi connectivity index (χ4n) is 5.99. The van der Waals surface area contributed by atoms with Gasteiger partial charge in [0.05, 0.1) is 0 Å². The molecule has 1 aromatic rings. The zero-order valence-electron chi connectivity index (χ0n) is 37.9. The average molecular weight is 733 g/mol. The number of nitrogens with zero attached hydrogens (tertiary/aromatic N) is 6. The summed E-state index contributed by atoms with van der Waals surface area (Å²) >= 11 is 0. The summed E-state index contributed by atoms with van der Waals surface area (Å²) in [6, 6.07) is 5.70. The largest absolute Gasteiger partial charge is 0.309 e. The van der Waals surface area contributed by atoms with Gasteiger partial charge in [0, 0.05) is 69.7 Å². The van der Waals surface area contributed by atoms with Crippen LogP contribution in [0.15, 0.2) is 24.5 Å². The number of hydrogen-bond acceptors (Lipinski definition) is 7. The highest BCUT2D eigenvalue weighted by atomic mass is 16.1. The van der Waals surface area contributed by atoms with Crippen LogP contribution in [0.3, 0.4) is 0 Å². The molecule has 0 radical (unpaired) electrons. The van der Waals surface area contributed by atoms with Crippen LogP contribution in [0.2, 0.25) is 0 Å². The SMILES string of the molecule is CC(=O)C(C)C.CC(C)C1CCC(N(C)C)CC1.CC(C)CCc1cccnc1.CC(C)N1CCN(CCN(C)C)CC1.CCCCCCN(C)C. The molecule has 2 heterocycles. The number of Topliss-reactive ketones (excluding diaryl/α,β-unsaturated/α-hetero) is 1. The molecule has 1 saturated carbocycles. The summed E-state index contributed by atoms with van der Waals surface area (Å²) in [6.45, 7) is 30.0. The molecule has 3 rings (SSSR count). The zero-order chi connectivity index (χ0) is 40.1. The van der Waals surface area contributed by atoms with Crippen LogP contribution in [-0.4, -0.2) is 135 Å². The fourth-order valence-corrected chi connectivity index (χ4v) is 5.99. The summed E-state index contributed by atoms with van der Waals surface area (Å²) in [7, 11) is 13.0. The normalized spacial score (nSPS) is 18.1. The first-order chi connectivity index (χ1) is 24.4. The Balaban J connectivity index is 0. The molecule has 308 valence electrons. The molecule has 0 aromatic carbocycles. The number of hydrogen-bond donors (Lipinski definition) is 0. The van der Waals surface area contributed by atoms with Gasteiger partial charge in [0.2, 0.25) is 0 Å². The molecule has 2 aliphatic rings. The van der Waals surface area contributed by atoms with Crippen LogP contribution in [0.1, 0.15) is 133 Å². The molecule has 2 fully saturated rings. The lowest BCUT2D eigenvalue weighted by Crippen LogP contribution is -2.50. The van der Waals surface area contributed by atoms with E-state index < -0.39 is 0 Å². The molecule has 0 bridgehead atoms. The standard InChI is InChI=1S/C11H25N3.C11H23N.C10H15N.C8H19N.C5H10O/c1-11(2)14-9-7-13(8-10-14)6-5-12(3)4;1-9(2)10-5-7-11(8-6-10)12(3)4;1-9(2)5-6-10-4-3-7-11-8-10;1-4-5-6-7-8-9(2)3;1-4(2)5(3)6/h11H,5-10H2,1-4H3;9-11H,5-8H2,1-4H3;3-4,7-9H,5-6H2,1-2H3;4-8H2,1-3H3;4H,1-3H3. The van der Waals surface area contributed by atoms with Crippen molar-refractivity contribution in [1.82, 2.24) is 29.5 Å². The van der Waals surface area contributed by atoms with Crippen molar-refractivity contribution in [1.29, 1.82) is 0 Å². The Morgan fingerprint density at radius 3 is 1.75 bits per heavy atom. The molecule has 0 N–H and O–H groups in total. The maximum absolute atomic E-state index is 10.1. The van der Waals surface area contributed by atoms with Crippen LogP contribution < -0.4 is 0 Å². The number of aryl methyl sites for hydroxylation is 1. The number of piperazine rings is 1. The number of pyridine rings is 1. The lowest BCUT2D eigenvalue weighted by Gasteiger charge is -2.37. The monoisotopic (exact) mass is 733 g/mol. The number of rotatable bonds is 15. The smallest absolute Gasteiger partial charge is 0.132 e. The predicted molar refractivity (Wildman–Crippen MR) is 232 cm³/mol. The minimum atomic E-state index is 0.213. The second-order valence-corrected chi connectivity index (χ2v) is 17.5. The first-order valence-electron chi connectivity index (χ1n) is 21.2. The lowest BCUT2D eigenvalue weighted by atomic mass is 9.79. The van der Waals surface area contributed by atoms with E-state index in [0.717, 1.165) is 30.2 Å². The van der Waals surface area contributed by atoms with E-state index in [9.17, 15) is 4.79 Å². The summed E-state index contributed by atoms with van der Waals surface area (Å²) < 4.78 is 0. The van der Waals surface area contributed by atoms with Crippen molar-refractivity contribution in [3.63, 3.8) is 0 Å². The van der Waals surface area contributed by atoms with E-state index in [1.165, 1.54) is 109 Å². The van der Waals surface area contributed by atoms with Gasteiger partial charge in [-0.15, -0.1) is 0 Å². The van der Waals surface area contributed by atoms with Crippen LogP contribution >= 0.6 is 0 Å². The van der Waals surface area contributed by atoms with Gasteiger partial charge in [-0.1, -0.05) is 73.8 Å². The molecule has 1 aliphatic heterocycles.